The minimum atomic E-state index is 0.0367. The molecule has 29 heavy (non-hydrogen) atoms. The summed E-state index contributed by atoms with van der Waals surface area (Å²) in [6.45, 7) is 3.01. The largest absolute Gasteiger partial charge is 0.341 e. The molecule has 0 saturated carbocycles. The lowest BCUT2D eigenvalue weighted by Crippen LogP contribution is -2.45. The first-order valence-electron chi connectivity index (χ1n) is 9.86. The Labute approximate surface area is 186 Å². The summed E-state index contributed by atoms with van der Waals surface area (Å²) < 4.78 is 2.26. The molecule has 6 nitrogen and oxygen atoms in total. The number of aromatic amines is 1. The number of tetrazole rings is 1. The van der Waals surface area contributed by atoms with Gasteiger partial charge in [-0.3, -0.25) is 0 Å². The summed E-state index contributed by atoms with van der Waals surface area (Å²) in [6, 6.07) is 13.5. The van der Waals surface area contributed by atoms with Crippen LogP contribution in [0.4, 0.5) is 11.4 Å². The van der Waals surface area contributed by atoms with E-state index in [1.54, 1.807) is 0 Å². The highest BCUT2D eigenvalue weighted by Gasteiger charge is 2.44. The van der Waals surface area contributed by atoms with Crippen LogP contribution >= 0.6 is 31.9 Å². The highest BCUT2D eigenvalue weighted by atomic mass is 79.9. The van der Waals surface area contributed by atoms with Crippen molar-refractivity contribution in [2.75, 3.05) is 31.6 Å². The summed E-state index contributed by atoms with van der Waals surface area (Å²) in [4.78, 5) is 4.86. The van der Waals surface area contributed by atoms with Crippen LogP contribution in [0.5, 0.6) is 0 Å². The van der Waals surface area contributed by atoms with Gasteiger partial charge in [-0.05, 0) is 90.9 Å². The minimum absolute atomic E-state index is 0.0367. The van der Waals surface area contributed by atoms with Gasteiger partial charge < -0.3 is 9.80 Å². The molecule has 0 atom stereocenters. The molecule has 3 aromatic rings. The minimum Gasteiger partial charge on any atom is -0.341 e. The lowest BCUT2D eigenvalue weighted by atomic mass is 9.65. The van der Waals surface area contributed by atoms with Crippen LogP contribution in [0, 0.1) is 0 Å². The molecule has 3 heterocycles. The van der Waals surface area contributed by atoms with Gasteiger partial charge in [-0.1, -0.05) is 31.9 Å². The Bertz CT molecular complexity index is 972. The Balaban J connectivity index is 1.66. The average Bonchev–Trinajstić information content (AvgIpc) is 3.24. The van der Waals surface area contributed by atoms with Crippen LogP contribution in [0.2, 0.25) is 0 Å². The molecular formula is C21H22Br2N6. The number of halogens is 2. The maximum Gasteiger partial charge on any atom is 0.150 e. The van der Waals surface area contributed by atoms with Gasteiger partial charge in [0.1, 0.15) is 5.82 Å². The number of rotatable bonds is 3. The Morgan fingerprint density at radius 1 is 1.00 bits per heavy atom. The number of piperidine rings is 1. The van der Waals surface area contributed by atoms with Gasteiger partial charge in [0.25, 0.3) is 0 Å². The van der Waals surface area contributed by atoms with Gasteiger partial charge in [0, 0.05) is 38.7 Å². The number of nitrogens with one attached hydrogen (secondary N) is 1. The number of fused-ring (bicyclic) bond motifs is 4. The van der Waals surface area contributed by atoms with E-state index in [2.05, 4.69) is 106 Å². The van der Waals surface area contributed by atoms with Crippen LogP contribution in [0.15, 0.2) is 45.3 Å². The fraction of sp³-hybridized carbons (Fsp3) is 0.381. The Hall–Kier alpha value is -1.77. The van der Waals surface area contributed by atoms with Crippen molar-refractivity contribution in [3.63, 3.8) is 0 Å². The second-order valence-corrected chi connectivity index (χ2v) is 9.79. The van der Waals surface area contributed by atoms with Crippen LogP contribution in [0.25, 0.3) is 0 Å². The van der Waals surface area contributed by atoms with Crippen molar-refractivity contribution in [3.05, 3.63) is 62.3 Å². The normalized spacial score (nSPS) is 18.0. The first-order chi connectivity index (χ1) is 14.1. The van der Waals surface area contributed by atoms with Gasteiger partial charge in [-0.15, -0.1) is 5.10 Å². The quantitative estimate of drug-likeness (QED) is 0.556. The van der Waals surface area contributed by atoms with Crippen molar-refractivity contribution in [2.24, 2.45) is 0 Å². The summed E-state index contributed by atoms with van der Waals surface area (Å²) in [5, 5.41) is 14.4. The van der Waals surface area contributed by atoms with Crippen LogP contribution in [-0.4, -0.2) is 52.2 Å². The average molecular weight is 518 g/mol. The number of benzene rings is 2. The van der Waals surface area contributed by atoms with E-state index in [1.807, 2.05) is 0 Å². The highest BCUT2D eigenvalue weighted by Crippen LogP contribution is 2.54. The monoisotopic (exact) mass is 516 g/mol. The van der Waals surface area contributed by atoms with Gasteiger partial charge in [0.15, 0.2) is 0 Å². The summed E-state index contributed by atoms with van der Waals surface area (Å²) in [5.41, 5.74) is 5.46. The molecule has 2 aliphatic heterocycles. The molecule has 1 N–H and O–H groups in total. The molecule has 0 bridgehead atoms. The lowest BCUT2D eigenvalue weighted by molar-refractivity contribution is 0.212. The van der Waals surface area contributed by atoms with Crippen LogP contribution in [0.3, 0.4) is 0 Å². The number of hydrogen-bond acceptors (Lipinski definition) is 5. The van der Waals surface area contributed by atoms with Crippen molar-refractivity contribution in [1.82, 2.24) is 25.5 Å². The molecule has 2 aliphatic rings. The third-order valence-corrected chi connectivity index (χ3v) is 7.32. The van der Waals surface area contributed by atoms with Crippen molar-refractivity contribution >= 4 is 43.2 Å². The second-order valence-electron chi connectivity index (χ2n) is 7.96. The van der Waals surface area contributed by atoms with Gasteiger partial charge in [0.2, 0.25) is 0 Å². The molecule has 150 valence electrons. The van der Waals surface area contributed by atoms with E-state index in [0.29, 0.717) is 0 Å². The fourth-order valence-electron chi connectivity index (χ4n) is 4.81. The van der Waals surface area contributed by atoms with E-state index in [1.165, 1.54) is 22.5 Å². The van der Waals surface area contributed by atoms with Crippen molar-refractivity contribution in [3.8, 4) is 0 Å². The third-order valence-electron chi connectivity index (χ3n) is 6.33. The maximum absolute atomic E-state index is 4.07. The second kappa shape index (κ2) is 7.49. The molecule has 0 radical (unpaired) electrons. The van der Waals surface area contributed by atoms with Crippen LogP contribution in [0.1, 0.15) is 29.8 Å². The smallest absolute Gasteiger partial charge is 0.150 e. The number of anilines is 2. The van der Waals surface area contributed by atoms with E-state index >= 15 is 0 Å². The highest BCUT2D eigenvalue weighted by molar-refractivity contribution is 9.10. The van der Waals surface area contributed by atoms with E-state index in [0.717, 1.165) is 53.7 Å². The summed E-state index contributed by atoms with van der Waals surface area (Å²) in [6.07, 6.45) is 3.00. The van der Waals surface area contributed by atoms with Crippen molar-refractivity contribution in [1.29, 1.82) is 0 Å². The standard InChI is InChI=1S/C21H22Br2N6/c1-28-10-7-21(8-11-28)16-12-14(22)2-4-18(16)29(9-6-20-24-26-27-25-20)19-5-3-15(23)13-17(19)21/h2-5,12-13H,6-11H2,1H3,(H,24,25,26,27). The first-order valence-corrected chi connectivity index (χ1v) is 11.4. The summed E-state index contributed by atoms with van der Waals surface area (Å²) in [5.74, 6) is 0.807. The zero-order valence-electron chi connectivity index (χ0n) is 16.2. The SMILES string of the molecule is CN1CCC2(CC1)c1cc(Br)ccc1N(CCc1nnn[nH]1)c1ccc(Br)cc12. The van der Waals surface area contributed by atoms with E-state index in [-0.39, 0.29) is 5.41 Å². The first kappa shape index (κ1) is 19.2. The molecule has 8 heteroatoms. The van der Waals surface area contributed by atoms with E-state index in [4.69, 9.17) is 0 Å². The number of H-pyrrole nitrogens is 1. The van der Waals surface area contributed by atoms with Gasteiger partial charge in [-0.25, -0.2) is 5.10 Å². The van der Waals surface area contributed by atoms with Crippen LogP contribution in [-0.2, 0) is 11.8 Å². The summed E-state index contributed by atoms with van der Waals surface area (Å²) >= 11 is 7.45. The molecular weight excluding hydrogens is 496 g/mol. The fourth-order valence-corrected chi connectivity index (χ4v) is 5.53. The maximum atomic E-state index is 4.07. The molecule has 1 saturated heterocycles. The van der Waals surface area contributed by atoms with Gasteiger partial charge in [0.05, 0.1) is 0 Å². The zero-order chi connectivity index (χ0) is 20.0. The molecule has 1 aromatic heterocycles. The van der Waals surface area contributed by atoms with E-state index < -0.39 is 0 Å². The number of likely N-dealkylation sites (tertiary alicyclic amines) is 1. The summed E-state index contributed by atoms with van der Waals surface area (Å²) in [7, 11) is 2.22. The van der Waals surface area contributed by atoms with Gasteiger partial charge in [-0.2, -0.15) is 0 Å². The van der Waals surface area contributed by atoms with E-state index in [9.17, 15) is 0 Å². The van der Waals surface area contributed by atoms with Crippen molar-refractivity contribution < 1.29 is 0 Å². The topological polar surface area (TPSA) is 60.9 Å². The van der Waals surface area contributed by atoms with Crippen LogP contribution < -0.4 is 4.90 Å². The number of nitrogens with zero attached hydrogens (tertiary/aromatic N) is 5. The number of hydrogen-bond donors (Lipinski definition) is 1. The molecule has 2 aromatic carbocycles. The molecule has 0 amide bonds. The Morgan fingerprint density at radius 2 is 1.62 bits per heavy atom. The third kappa shape index (κ3) is 3.31. The lowest BCUT2D eigenvalue weighted by Gasteiger charge is -2.49. The molecule has 0 aliphatic carbocycles. The Kier molecular flexibility index (Phi) is 4.96. The molecule has 1 fully saturated rings. The number of aromatic nitrogens is 4. The van der Waals surface area contributed by atoms with Gasteiger partial charge >= 0.3 is 0 Å². The molecule has 1 spiro atoms. The predicted molar refractivity (Wildman–Crippen MR) is 121 cm³/mol. The predicted octanol–water partition coefficient (Wildman–Crippen LogP) is 4.43. The molecule has 0 unspecified atom stereocenters. The van der Waals surface area contributed by atoms with Crippen molar-refractivity contribution in [2.45, 2.75) is 24.7 Å². The molecule has 5 rings (SSSR count). The zero-order valence-corrected chi connectivity index (χ0v) is 19.4. The Morgan fingerprint density at radius 3 is 2.17 bits per heavy atom.